The molecule has 1 N–H and O–H groups in total. The summed E-state index contributed by atoms with van der Waals surface area (Å²) in [7, 11) is 1.62. The maximum Gasteiger partial charge on any atom is 0.277 e. The predicted molar refractivity (Wildman–Crippen MR) is 106 cm³/mol. The van der Waals surface area contributed by atoms with Crippen molar-refractivity contribution in [3.05, 3.63) is 74.0 Å². The van der Waals surface area contributed by atoms with Crippen molar-refractivity contribution in [1.82, 2.24) is 9.78 Å². The highest BCUT2D eigenvalue weighted by molar-refractivity contribution is 6.34. The maximum atomic E-state index is 12.4. The molecule has 1 aromatic heterocycles. The van der Waals surface area contributed by atoms with Crippen LogP contribution >= 0.6 is 23.2 Å². The molecule has 1 heterocycles. The van der Waals surface area contributed by atoms with Crippen molar-refractivity contribution in [3.63, 3.8) is 0 Å². The Kier molecular flexibility index (Phi) is 5.53. The third-order valence-corrected chi connectivity index (χ3v) is 4.42. The average molecular weight is 421 g/mol. The number of carbonyl (C=O) groups excluding carboxylic acids is 1. The summed E-state index contributed by atoms with van der Waals surface area (Å²) in [5, 5.41) is 18.5. The zero-order valence-electron chi connectivity index (χ0n) is 14.8. The minimum atomic E-state index is -0.598. The zero-order valence-corrected chi connectivity index (χ0v) is 16.3. The van der Waals surface area contributed by atoms with Crippen LogP contribution in [-0.4, -0.2) is 20.6 Å². The predicted octanol–water partition coefficient (Wildman–Crippen LogP) is 4.99. The zero-order chi connectivity index (χ0) is 20.4. The van der Waals surface area contributed by atoms with Gasteiger partial charge in [-0.15, -0.1) is 0 Å². The number of benzene rings is 2. The van der Waals surface area contributed by atoms with Gasteiger partial charge in [0, 0.05) is 30.4 Å². The van der Waals surface area contributed by atoms with Gasteiger partial charge in [0.25, 0.3) is 11.6 Å². The molecule has 0 aliphatic heterocycles. The molecule has 0 fully saturated rings. The van der Waals surface area contributed by atoms with Crippen LogP contribution < -0.4 is 10.1 Å². The summed E-state index contributed by atoms with van der Waals surface area (Å²) >= 11 is 12.0. The molecule has 0 radical (unpaired) electrons. The van der Waals surface area contributed by atoms with Gasteiger partial charge in [0.15, 0.2) is 5.69 Å². The van der Waals surface area contributed by atoms with Crippen LogP contribution in [-0.2, 0) is 7.05 Å². The topological polar surface area (TPSA) is 99.3 Å². The third-order valence-electron chi connectivity index (χ3n) is 3.72. The highest BCUT2D eigenvalue weighted by Crippen LogP contribution is 2.31. The number of nitrogens with one attached hydrogen (secondary N) is 1. The van der Waals surface area contributed by atoms with Gasteiger partial charge in [0.05, 0.1) is 21.7 Å². The van der Waals surface area contributed by atoms with E-state index in [0.717, 1.165) is 5.56 Å². The normalized spacial score (nSPS) is 10.6. The van der Waals surface area contributed by atoms with E-state index < -0.39 is 10.8 Å². The van der Waals surface area contributed by atoms with Crippen LogP contribution in [0, 0.1) is 17.0 Å². The highest BCUT2D eigenvalue weighted by atomic mass is 35.5. The molecule has 3 aromatic rings. The lowest BCUT2D eigenvalue weighted by Crippen LogP contribution is -2.13. The second-order valence-corrected chi connectivity index (χ2v) is 6.75. The van der Waals surface area contributed by atoms with Crippen LogP contribution in [0.5, 0.6) is 11.5 Å². The molecule has 0 atom stereocenters. The third kappa shape index (κ3) is 4.41. The molecule has 0 unspecified atom stereocenters. The van der Waals surface area contributed by atoms with Crippen LogP contribution in [0.3, 0.4) is 0 Å². The molecule has 144 valence electrons. The Morgan fingerprint density at radius 3 is 2.54 bits per heavy atom. The van der Waals surface area contributed by atoms with Crippen LogP contribution in [0.4, 0.5) is 11.4 Å². The molecule has 0 spiro atoms. The van der Waals surface area contributed by atoms with E-state index in [9.17, 15) is 14.9 Å². The number of aryl methyl sites for hydroxylation is 2. The van der Waals surface area contributed by atoms with Crippen molar-refractivity contribution in [1.29, 1.82) is 0 Å². The smallest absolute Gasteiger partial charge is 0.277 e. The molecule has 8 nitrogen and oxygen atoms in total. The van der Waals surface area contributed by atoms with Crippen LogP contribution in [0.1, 0.15) is 16.1 Å². The minimum Gasteiger partial charge on any atom is -0.457 e. The van der Waals surface area contributed by atoms with Crippen molar-refractivity contribution >= 4 is 40.5 Å². The number of nitrogens with zero attached hydrogens (tertiary/aromatic N) is 3. The second kappa shape index (κ2) is 7.87. The number of hydrogen-bond acceptors (Lipinski definition) is 5. The quantitative estimate of drug-likeness (QED) is 0.462. The molecule has 2 aromatic carbocycles. The molecule has 28 heavy (non-hydrogen) atoms. The molecule has 0 aliphatic rings. The van der Waals surface area contributed by atoms with Crippen molar-refractivity contribution in [2.75, 3.05) is 5.32 Å². The van der Waals surface area contributed by atoms with Gasteiger partial charge < -0.3 is 10.1 Å². The summed E-state index contributed by atoms with van der Waals surface area (Å²) < 4.78 is 7.09. The molecular weight excluding hydrogens is 407 g/mol. The molecule has 0 saturated heterocycles. The van der Waals surface area contributed by atoms with E-state index in [4.69, 9.17) is 27.9 Å². The fourth-order valence-electron chi connectivity index (χ4n) is 2.44. The first kappa shape index (κ1) is 19.7. The first-order valence-electron chi connectivity index (χ1n) is 7.97. The lowest BCUT2D eigenvalue weighted by Gasteiger charge is -2.10. The molecule has 0 aliphatic carbocycles. The van der Waals surface area contributed by atoms with Crippen molar-refractivity contribution in [2.45, 2.75) is 6.92 Å². The first-order valence-corrected chi connectivity index (χ1v) is 8.72. The fourth-order valence-corrected chi connectivity index (χ4v) is 2.82. The van der Waals surface area contributed by atoms with Crippen LogP contribution in [0.15, 0.2) is 42.6 Å². The Hall–Kier alpha value is -3.10. The van der Waals surface area contributed by atoms with E-state index in [1.165, 1.54) is 29.1 Å². The number of amides is 1. The van der Waals surface area contributed by atoms with Gasteiger partial charge in [-0.3, -0.25) is 19.6 Å². The Balaban J connectivity index is 1.90. The number of halogens is 2. The van der Waals surface area contributed by atoms with Crippen LogP contribution in [0.25, 0.3) is 0 Å². The number of ether oxygens (including phenoxy) is 1. The molecule has 3 rings (SSSR count). The molecule has 0 saturated carbocycles. The van der Waals surface area contributed by atoms with Gasteiger partial charge >= 0.3 is 0 Å². The monoisotopic (exact) mass is 420 g/mol. The van der Waals surface area contributed by atoms with Crippen molar-refractivity contribution < 1.29 is 14.5 Å². The standard InChI is InChI=1S/C18H14Cl2N4O4/c1-10-5-13(3-4-15(10)19)28-14-7-11(6-12(8-14)24(26)27)21-18(25)17-16(20)9-23(2)22-17/h3-9H,1-2H3,(H,21,25). The first-order chi connectivity index (χ1) is 13.2. The SMILES string of the molecule is Cc1cc(Oc2cc(NC(=O)c3nn(C)cc3Cl)cc([N+](=O)[O-])c2)ccc1Cl. The molecule has 10 heteroatoms. The van der Waals surface area contributed by atoms with Gasteiger partial charge in [0.1, 0.15) is 11.5 Å². The van der Waals surface area contributed by atoms with Gasteiger partial charge in [-0.05, 0) is 30.7 Å². The average Bonchev–Trinajstić information content (AvgIpc) is 2.96. The second-order valence-electron chi connectivity index (χ2n) is 5.94. The number of nitro groups is 1. The van der Waals surface area contributed by atoms with E-state index in [2.05, 4.69) is 10.4 Å². The number of aromatic nitrogens is 2. The molecular formula is C18H14Cl2N4O4. The summed E-state index contributed by atoms with van der Waals surface area (Å²) in [6, 6.07) is 8.94. The van der Waals surface area contributed by atoms with Gasteiger partial charge in [-0.25, -0.2) is 0 Å². The molecule has 0 bridgehead atoms. The lowest BCUT2D eigenvalue weighted by molar-refractivity contribution is -0.384. The summed E-state index contributed by atoms with van der Waals surface area (Å²) in [5.41, 5.74) is 0.724. The van der Waals surface area contributed by atoms with E-state index in [-0.39, 0.29) is 27.8 Å². The van der Waals surface area contributed by atoms with Gasteiger partial charge in [0.2, 0.25) is 0 Å². The van der Waals surface area contributed by atoms with Crippen LogP contribution in [0.2, 0.25) is 10.0 Å². The van der Waals surface area contributed by atoms with E-state index in [1.807, 2.05) is 6.92 Å². The number of hydrogen-bond donors (Lipinski definition) is 1. The van der Waals surface area contributed by atoms with Crippen molar-refractivity contribution in [2.24, 2.45) is 7.05 Å². The highest BCUT2D eigenvalue weighted by Gasteiger charge is 2.18. The summed E-state index contributed by atoms with van der Waals surface area (Å²) in [6.07, 6.45) is 1.47. The minimum absolute atomic E-state index is 0.00599. The Morgan fingerprint density at radius 2 is 1.93 bits per heavy atom. The number of anilines is 1. The largest absolute Gasteiger partial charge is 0.457 e. The summed E-state index contributed by atoms with van der Waals surface area (Å²) in [4.78, 5) is 23.1. The lowest BCUT2D eigenvalue weighted by atomic mass is 10.2. The molecule has 1 amide bonds. The fraction of sp³-hybridized carbons (Fsp3) is 0.111. The number of rotatable bonds is 5. The van der Waals surface area contributed by atoms with E-state index in [0.29, 0.717) is 10.8 Å². The van der Waals surface area contributed by atoms with E-state index >= 15 is 0 Å². The summed E-state index contributed by atoms with van der Waals surface area (Å²) in [5.74, 6) is 0.0326. The van der Waals surface area contributed by atoms with Crippen molar-refractivity contribution in [3.8, 4) is 11.5 Å². The maximum absolute atomic E-state index is 12.4. The Bertz CT molecular complexity index is 1080. The van der Waals surface area contributed by atoms with Gasteiger partial charge in [-0.2, -0.15) is 5.10 Å². The van der Waals surface area contributed by atoms with E-state index in [1.54, 1.807) is 25.2 Å². The Morgan fingerprint density at radius 1 is 1.18 bits per heavy atom. The number of carbonyl (C=O) groups is 1. The number of non-ortho nitro benzene ring substituents is 1. The number of nitro benzene ring substituents is 1. The Labute approximate surface area is 169 Å². The van der Waals surface area contributed by atoms with Gasteiger partial charge in [-0.1, -0.05) is 23.2 Å². The summed E-state index contributed by atoms with van der Waals surface area (Å²) in [6.45, 7) is 1.81.